The predicted octanol–water partition coefficient (Wildman–Crippen LogP) is 13.6. The zero-order valence-corrected chi connectivity index (χ0v) is 33.1. The van der Waals surface area contributed by atoms with Crippen molar-refractivity contribution in [2.45, 2.75) is 15.2 Å². The average molecular weight is 783 g/mol. The topological polar surface area (TPSA) is 51.6 Å². The lowest BCUT2D eigenvalue weighted by atomic mass is 9.66. The quantitative estimate of drug-likeness (QED) is 0.174. The van der Waals surface area contributed by atoms with Crippen LogP contribution in [0.1, 0.15) is 22.3 Å². The Morgan fingerprint density at radius 3 is 1.37 bits per heavy atom. The van der Waals surface area contributed by atoms with E-state index in [-0.39, 0.29) is 0 Å². The minimum atomic E-state index is -0.528. The first-order valence-electron chi connectivity index (χ1n) is 20.2. The van der Waals surface area contributed by atoms with E-state index in [1.807, 2.05) is 84.7 Å². The molecule has 2 aliphatic rings. The van der Waals surface area contributed by atoms with Crippen molar-refractivity contribution in [2.24, 2.45) is 0 Å². The fourth-order valence-electron chi connectivity index (χ4n) is 9.44. The van der Waals surface area contributed by atoms with Crippen LogP contribution in [-0.2, 0) is 5.41 Å². The molecular weight excluding hydrogens is 749 g/mol. The summed E-state index contributed by atoms with van der Waals surface area (Å²) in [6.07, 6.45) is 1.90. The molecule has 0 bridgehead atoms. The van der Waals surface area contributed by atoms with E-state index in [0.29, 0.717) is 17.5 Å². The first-order valence-corrected chi connectivity index (χ1v) is 21.0. The van der Waals surface area contributed by atoms with Gasteiger partial charge in [-0.25, -0.2) is 15.0 Å². The predicted molar refractivity (Wildman–Crippen MR) is 244 cm³/mol. The highest BCUT2D eigenvalue weighted by Crippen LogP contribution is 2.64. The van der Waals surface area contributed by atoms with Crippen molar-refractivity contribution in [3.05, 3.63) is 229 Å². The zero-order chi connectivity index (χ0) is 39.6. The molecule has 8 aromatic carbocycles. The number of pyridine rings is 1. The normalized spacial score (nSPS) is 13.1. The molecule has 0 atom stereocenters. The SMILES string of the molecule is c1ccc(-c2nc(-c3ccccc3)nc(-c3ccc(-c4cccc5c4Sc4c(-c6cccc7cccnc67)cccc4C54c5ccccc5-c5ccccc54)cc3)n2)cc1. The number of aromatic nitrogens is 4. The third-order valence-corrected chi connectivity index (χ3v) is 13.4. The molecule has 0 saturated carbocycles. The van der Waals surface area contributed by atoms with E-state index in [0.717, 1.165) is 38.7 Å². The van der Waals surface area contributed by atoms with Gasteiger partial charge in [0.25, 0.3) is 0 Å². The summed E-state index contributed by atoms with van der Waals surface area (Å²) in [7, 11) is 0. The second-order valence-electron chi connectivity index (χ2n) is 15.3. The molecule has 3 heterocycles. The summed E-state index contributed by atoms with van der Waals surface area (Å²) in [6, 6.07) is 71.4. The molecule has 0 radical (unpaired) electrons. The number of fused-ring (bicyclic) bond motifs is 10. The van der Waals surface area contributed by atoms with Gasteiger partial charge in [0.1, 0.15) is 0 Å². The van der Waals surface area contributed by atoms with Crippen molar-refractivity contribution in [3.63, 3.8) is 0 Å². The van der Waals surface area contributed by atoms with Gasteiger partial charge < -0.3 is 0 Å². The molecule has 10 aromatic rings. The Kier molecular flexibility index (Phi) is 7.97. The maximum Gasteiger partial charge on any atom is 0.164 e. The first-order chi connectivity index (χ1) is 29.8. The van der Waals surface area contributed by atoms with E-state index in [9.17, 15) is 0 Å². The van der Waals surface area contributed by atoms with Crippen molar-refractivity contribution >= 4 is 22.7 Å². The van der Waals surface area contributed by atoms with Crippen LogP contribution in [0.5, 0.6) is 0 Å². The number of benzene rings is 8. The Morgan fingerprint density at radius 1 is 0.317 bits per heavy atom. The van der Waals surface area contributed by atoms with Gasteiger partial charge >= 0.3 is 0 Å². The number of nitrogens with zero attached hydrogens (tertiary/aromatic N) is 4. The van der Waals surface area contributed by atoms with Crippen LogP contribution in [0.25, 0.3) is 78.4 Å². The van der Waals surface area contributed by atoms with Gasteiger partial charge in [-0.1, -0.05) is 206 Å². The molecular formula is C55H34N4S. The maximum absolute atomic E-state index is 5.02. The second-order valence-corrected chi connectivity index (χ2v) is 16.3. The summed E-state index contributed by atoms with van der Waals surface area (Å²) in [6.45, 7) is 0. The van der Waals surface area contributed by atoms with Crippen LogP contribution in [0.3, 0.4) is 0 Å². The largest absolute Gasteiger partial charge is 0.256 e. The fraction of sp³-hybridized carbons (Fsp3) is 0.0182. The molecule has 1 aliphatic carbocycles. The van der Waals surface area contributed by atoms with Crippen LogP contribution in [0.15, 0.2) is 216 Å². The second kappa shape index (κ2) is 13.8. The van der Waals surface area contributed by atoms with Gasteiger partial charge in [0.05, 0.1) is 10.9 Å². The fourth-order valence-corrected chi connectivity index (χ4v) is 10.9. The van der Waals surface area contributed by atoms with E-state index < -0.39 is 5.41 Å². The molecule has 1 aliphatic heterocycles. The van der Waals surface area contributed by atoms with Gasteiger partial charge in [0.15, 0.2) is 17.5 Å². The molecule has 0 amide bonds. The molecule has 5 heteroatoms. The summed E-state index contributed by atoms with van der Waals surface area (Å²) in [5.74, 6) is 1.94. The van der Waals surface area contributed by atoms with Crippen LogP contribution < -0.4 is 0 Å². The average Bonchev–Trinajstić information content (AvgIpc) is 3.62. The number of rotatable bonds is 5. The van der Waals surface area contributed by atoms with Crippen LogP contribution in [0.2, 0.25) is 0 Å². The minimum absolute atomic E-state index is 0.528. The third-order valence-electron chi connectivity index (χ3n) is 12.1. The molecule has 4 nitrogen and oxygen atoms in total. The standard InChI is InChI=1S/C55H34N4S/c1-3-15-37(16-4-1)52-57-53(38-17-5-2-6-18-38)59-54(58-52)39-32-30-35(31-33-39)40-23-12-28-47-50(40)60-51-44(43-24-11-19-36-20-14-34-56-49(36)43)25-13-29-48(51)55(47)45-26-9-7-21-41(45)42-22-8-10-27-46(42)55/h1-34H. The zero-order valence-electron chi connectivity index (χ0n) is 32.3. The van der Waals surface area contributed by atoms with Gasteiger partial charge in [0, 0.05) is 43.6 Å². The summed E-state index contributed by atoms with van der Waals surface area (Å²) >= 11 is 1.88. The number of para-hydroxylation sites is 1. The smallest absolute Gasteiger partial charge is 0.164 e. The summed E-state index contributed by atoms with van der Waals surface area (Å²) in [5, 5.41) is 1.13. The van der Waals surface area contributed by atoms with Crippen molar-refractivity contribution in [1.82, 2.24) is 19.9 Å². The lowest BCUT2D eigenvalue weighted by molar-refractivity contribution is 0.724. The highest BCUT2D eigenvalue weighted by atomic mass is 32.2. The van der Waals surface area contributed by atoms with E-state index in [4.69, 9.17) is 19.9 Å². The molecule has 0 N–H and O–H groups in total. The molecule has 1 spiro atoms. The summed E-state index contributed by atoms with van der Waals surface area (Å²) in [5.41, 5.74) is 15.7. The highest BCUT2D eigenvalue weighted by Gasteiger charge is 2.51. The summed E-state index contributed by atoms with van der Waals surface area (Å²) < 4.78 is 0. The van der Waals surface area contributed by atoms with E-state index in [2.05, 4.69) is 133 Å². The van der Waals surface area contributed by atoms with Crippen LogP contribution in [0, 0.1) is 0 Å². The molecule has 0 unspecified atom stereocenters. The Bertz CT molecular complexity index is 3180. The highest BCUT2D eigenvalue weighted by molar-refractivity contribution is 7.99. The van der Waals surface area contributed by atoms with Crippen molar-refractivity contribution in [2.75, 3.05) is 0 Å². The van der Waals surface area contributed by atoms with Crippen LogP contribution in [-0.4, -0.2) is 19.9 Å². The number of hydrogen-bond acceptors (Lipinski definition) is 5. The van der Waals surface area contributed by atoms with Crippen molar-refractivity contribution < 1.29 is 0 Å². The molecule has 2 aromatic heterocycles. The molecule has 0 fully saturated rings. The lowest BCUT2D eigenvalue weighted by Crippen LogP contribution is -2.32. The van der Waals surface area contributed by atoms with Gasteiger partial charge in [-0.05, 0) is 56.1 Å². The Morgan fingerprint density at radius 2 is 0.750 bits per heavy atom. The molecule has 0 saturated heterocycles. The molecule has 280 valence electrons. The molecule has 60 heavy (non-hydrogen) atoms. The summed E-state index contributed by atoms with van der Waals surface area (Å²) in [4.78, 5) is 22.4. The Labute approximate surface area is 352 Å². The van der Waals surface area contributed by atoms with E-state index >= 15 is 0 Å². The van der Waals surface area contributed by atoms with Crippen molar-refractivity contribution in [3.8, 4) is 67.5 Å². The third kappa shape index (κ3) is 5.26. The van der Waals surface area contributed by atoms with E-state index in [1.165, 1.54) is 54.3 Å². The van der Waals surface area contributed by atoms with Crippen LogP contribution in [0.4, 0.5) is 0 Å². The van der Waals surface area contributed by atoms with Crippen LogP contribution >= 0.6 is 11.8 Å². The first kappa shape index (κ1) is 34.6. The monoisotopic (exact) mass is 782 g/mol. The lowest BCUT2D eigenvalue weighted by Gasteiger charge is -2.41. The molecule has 12 rings (SSSR count). The van der Waals surface area contributed by atoms with Gasteiger partial charge in [0.2, 0.25) is 0 Å². The maximum atomic E-state index is 5.02. The van der Waals surface area contributed by atoms with Gasteiger partial charge in [-0.2, -0.15) is 0 Å². The minimum Gasteiger partial charge on any atom is -0.256 e. The van der Waals surface area contributed by atoms with Gasteiger partial charge in [-0.15, -0.1) is 0 Å². The van der Waals surface area contributed by atoms with E-state index in [1.54, 1.807) is 0 Å². The Hall–Kier alpha value is -7.47. The van der Waals surface area contributed by atoms with Crippen molar-refractivity contribution in [1.29, 1.82) is 0 Å². The Balaban J connectivity index is 1.06. The van der Waals surface area contributed by atoms with Gasteiger partial charge in [-0.3, -0.25) is 4.98 Å². The number of hydrogen-bond donors (Lipinski definition) is 0.